The highest BCUT2D eigenvalue weighted by Crippen LogP contribution is 2.32. The topological polar surface area (TPSA) is 50.2 Å². The van der Waals surface area contributed by atoms with Gasteiger partial charge in [0.2, 0.25) is 0 Å². The Morgan fingerprint density at radius 2 is 2.00 bits per heavy atom. The summed E-state index contributed by atoms with van der Waals surface area (Å²) in [5, 5.41) is 8.81. The molecule has 0 radical (unpaired) electrons. The lowest BCUT2D eigenvalue weighted by Gasteiger charge is -2.09. The Hall–Kier alpha value is -2.01. The number of carbonyl (C=O) groups is 1. The van der Waals surface area contributed by atoms with Crippen LogP contribution in [0.25, 0.3) is 11.1 Å². The normalized spacial score (nSPS) is 10.4. The largest absolute Gasteiger partial charge is 0.478 e. The third kappa shape index (κ3) is 2.04. The molecule has 0 fully saturated rings. The second-order valence-corrected chi connectivity index (χ2v) is 3.79. The molecule has 0 amide bonds. The van der Waals surface area contributed by atoms with Crippen molar-refractivity contribution in [3.05, 3.63) is 52.8 Å². The first-order valence-corrected chi connectivity index (χ1v) is 5.22. The van der Waals surface area contributed by atoms with E-state index in [1.54, 1.807) is 0 Å². The van der Waals surface area contributed by atoms with Crippen LogP contribution in [0.2, 0.25) is 5.15 Å². The average Bonchev–Trinajstić information content (AvgIpc) is 2.33. The van der Waals surface area contributed by atoms with Crippen LogP contribution >= 0.6 is 11.6 Å². The first-order valence-electron chi connectivity index (χ1n) is 4.84. The Morgan fingerprint density at radius 1 is 1.28 bits per heavy atom. The van der Waals surface area contributed by atoms with Gasteiger partial charge in [-0.25, -0.2) is 18.6 Å². The minimum Gasteiger partial charge on any atom is -0.478 e. The molecule has 0 spiro atoms. The summed E-state index contributed by atoms with van der Waals surface area (Å²) in [6.07, 6.45) is 1.19. The van der Waals surface area contributed by atoms with Gasteiger partial charge in [0.05, 0.1) is 5.56 Å². The van der Waals surface area contributed by atoms with E-state index < -0.39 is 17.6 Å². The molecule has 1 aromatic heterocycles. The fraction of sp³-hybridized carbons (Fsp3) is 0. The zero-order valence-electron chi connectivity index (χ0n) is 8.82. The average molecular weight is 270 g/mol. The van der Waals surface area contributed by atoms with Gasteiger partial charge in [-0.3, -0.25) is 0 Å². The fourth-order valence-corrected chi connectivity index (χ4v) is 1.83. The third-order valence-corrected chi connectivity index (χ3v) is 2.64. The van der Waals surface area contributed by atoms with Crippen molar-refractivity contribution in [3.63, 3.8) is 0 Å². The Morgan fingerprint density at radius 3 is 2.67 bits per heavy atom. The summed E-state index contributed by atoms with van der Waals surface area (Å²) in [5.41, 5.74) is -0.603. The number of aromatic carboxylic acids is 1. The lowest BCUT2D eigenvalue weighted by atomic mass is 10.0. The predicted molar refractivity (Wildman–Crippen MR) is 61.6 cm³/mol. The van der Waals surface area contributed by atoms with Crippen molar-refractivity contribution in [3.8, 4) is 11.1 Å². The van der Waals surface area contributed by atoms with Crippen molar-refractivity contribution in [2.45, 2.75) is 0 Å². The molecular weight excluding hydrogens is 264 g/mol. The standard InChI is InChI=1S/C12H6ClF2NO2/c13-11-9(7(12(17)18)4-5-16-11)6-2-1-3-8(14)10(6)15/h1-5H,(H,17,18). The van der Waals surface area contributed by atoms with E-state index in [4.69, 9.17) is 16.7 Å². The lowest BCUT2D eigenvalue weighted by molar-refractivity contribution is 0.0697. The Balaban J connectivity index is 2.78. The SMILES string of the molecule is O=C(O)c1ccnc(Cl)c1-c1cccc(F)c1F. The number of nitrogens with zero attached hydrogens (tertiary/aromatic N) is 1. The van der Waals surface area contributed by atoms with Crippen molar-refractivity contribution in [1.82, 2.24) is 4.98 Å². The van der Waals surface area contributed by atoms with Crippen molar-refractivity contribution >= 4 is 17.6 Å². The van der Waals surface area contributed by atoms with Crippen LogP contribution in [0.5, 0.6) is 0 Å². The minimum atomic E-state index is -1.29. The van der Waals surface area contributed by atoms with E-state index in [1.807, 2.05) is 0 Å². The maximum atomic E-state index is 13.7. The van der Waals surface area contributed by atoms with Gasteiger partial charge in [0.15, 0.2) is 11.6 Å². The molecule has 0 unspecified atom stereocenters. The molecule has 2 rings (SSSR count). The van der Waals surface area contributed by atoms with Crippen LogP contribution in [0, 0.1) is 11.6 Å². The van der Waals surface area contributed by atoms with Crippen molar-refractivity contribution < 1.29 is 18.7 Å². The summed E-state index contributed by atoms with van der Waals surface area (Å²) >= 11 is 5.77. The van der Waals surface area contributed by atoms with E-state index in [-0.39, 0.29) is 21.8 Å². The van der Waals surface area contributed by atoms with E-state index in [0.717, 1.165) is 6.07 Å². The number of halogens is 3. The number of aromatic nitrogens is 1. The van der Waals surface area contributed by atoms with Gasteiger partial charge in [0.25, 0.3) is 0 Å². The van der Waals surface area contributed by atoms with Crippen molar-refractivity contribution in [2.75, 3.05) is 0 Å². The molecule has 3 nitrogen and oxygen atoms in total. The Bertz CT molecular complexity index is 631. The van der Waals surface area contributed by atoms with E-state index in [1.165, 1.54) is 24.4 Å². The number of hydrogen-bond acceptors (Lipinski definition) is 2. The molecule has 0 aliphatic rings. The summed E-state index contributed by atoms with van der Waals surface area (Å²) in [4.78, 5) is 14.7. The fourth-order valence-electron chi connectivity index (χ4n) is 1.57. The van der Waals surface area contributed by atoms with Gasteiger partial charge in [0.1, 0.15) is 5.15 Å². The summed E-state index contributed by atoms with van der Waals surface area (Å²) in [7, 11) is 0. The smallest absolute Gasteiger partial charge is 0.336 e. The van der Waals surface area contributed by atoms with Gasteiger partial charge in [-0.2, -0.15) is 0 Å². The number of hydrogen-bond donors (Lipinski definition) is 1. The molecule has 0 atom stereocenters. The number of carboxylic acids is 1. The molecule has 92 valence electrons. The van der Waals surface area contributed by atoms with Crippen LogP contribution < -0.4 is 0 Å². The monoisotopic (exact) mass is 269 g/mol. The molecule has 6 heteroatoms. The van der Waals surface area contributed by atoms with Crippen molar-refractivity contribution in [1.29, 1.82) is 0 Å². The highest BCUT2D eigenvalue weighted by atomic mass is 35.5. The zero-order chi connectivity index (χ0) is 13.3. The molecular formula is C12H6ClF2NO2. The summed E-state index contributed by atoms with van der Waals surface area (Å²) < 4.78 is 26.8. The second-order valence-electron chi connectivity index (χ2n) is 3.43. The van der Waals surface area contributed by atoms with Crippen LogP contribution in [-0.4, -0.2) is 16.1 Å². The quantitative estimate of drug-likeness (QED) is 0.850. The van der Waals surface area contributed by atoms with E-state index in [2.05, 4.69) is 4.98 Å². The van der Waals surface area contributed by atoms with Crippen molar-refractivity contribution in [2.24, 2.45) is 0 Å². The number of pyridine rings is 1. The maximum Gasteiger partial charge on any atom is 0.336 e. The highest BCUT2D eigenvalue weighted by Gasteiger charge is 2.20. The van der Waals surface area contributed by atoms with Crippen LogP contribution in [0.15, 0.2) is 30.5 Å². The minimum absolute atomic E-state index is 0.135. The van der Waals surface area contributed by atoms with Gasteiger partial charge in [-0.15, -0.1) is 0 Å². The Labute approximate surface area is 106 Å². The van der Waals surface area contributed by atoms with E-state index >= 15 is 0 Å². The molecule has 18 heavy (non-hydrogen) atoms. The molecule has 1 aromatic carbocycles. The van der Waals surface area contributed by atoms with Crippen LogP contribution in [-0.2, 0) is 0 Å². The molecule has 0 saturated carbocycles. The molecule has 1 N–H and O–H groups in total. The highest BCUT2D eigenvalue weighted by molar-refractivity contribution is 6.33. The second kappa shape index (κ2) is 4.70. The Kier molecular flexibility index (Phi) is 3.25. The van der Waals surface area contributed by atoms with Gasteiger partial charge >= 0.3 is 5.97 Å². The van der Waals surface area contributed by atoms with Crippen LogP contribution in [0.1, 0.15) is 10.4 Å². The molecule has 1 heterocycles. The molecule has 2 aromatic rings. The summed E-state index contributed by atoms with van der Waals surface area (Å²) in [6, 6.07) is 4.62. The summed E-state index contributed by atoms with van der Waals surface area (Å²) in [6.45, 7) is 0. The number of carboxylic acid groups (broad SMARTS) is 1. The maximum absolute atomic E-state index is 13.7. The van der Waals surface area contributed by atoms with Gasteiger partial charge in [-0.1, -0.05) is 23.7 Å². The first kappa shape index (κ1) is 12.4. The van der Waals surface area contributed by atoms with E-state index in [0.29, 0.717) is 0 Å². The number of rotatable bonds is 2. The van der Waals surface area contributed by atoms with Gasteiger partial charge in [-0.05, 0) is 12.1 Å². The molecule has 0 aliphatic carbocycles. The van der Waals surface area contributed by atoms with Gasteiger partial charge in [0, 0.05) is 17.3 Å². The zero-order valence-corrected chi connectivity index (χ0v) is 9.58. The summed E-state index contributed by atoms with van der Waals surface area (Å²) in [5.74, 6) is -3.53. The van der Waals surface area contributed by atoms with Crippen LogP contribution in [0.4, 0.5) is 8.78 Å². The van der Waals surface area contributed by atoms with E-state index in [9.17, 15) is 13.6 Å². The molecule has 0 bridgehead atoms. The lowest BCUT2D eigenvalue weighted by Crippen LogP contribution is -2.02. The molecule has 0 aliphatic heterocycles. The first-order chi connectivity index (χ1) is 8.52. The van der Waals surface area contributed by atoms with Gasteiger partial charge < -0.3 is 5.11 Å². The van der Waals surface area contributed by atoms with Crippen LogP contribution in [0.3, 0.4) is 0 Å². The third-order valence-electron chi connectivity index (χ3n) is 2.36. The number of benzene rings is 1. The predicted octanol–water partition coefficient (Wildman–Crippen LogP) is 3.38. The molecule has 0 saturated heterocycles.